The molecule has 0 aliphatic heterocycles. The number of carbonyl (C=O) groups is 1. The molecule has 0 atom stereocenters. The molecule has 0 radical (unpaired) electrons. The third kappa shape index (κ3) is 3.11. The maximum atomic E-state index is 13.8. The van der Waals surface area contributed by atoms with Crippen molar-refractivity contribution >= 4 is 17.3 Å². The van der Waals surface area contributed by atoms with Crippen LogP contribution in [0.15, 0.2) is 42.5 Å². The van der Waals surface area contributed by atoms with E-state index >= 15 is 0 Å². The van der Waals surface area contributed by atoms with Crippen molar-refractivity contribution in [2.24, 2.45) is 0 Å². The fourth-order valence-corrected chi connectivity index (χ4v) is 1.99. The van der Waals surface area contributed by atoms with E-state index in [1.165, 1.54) is 17.0 Å². The highest BCUT2D eigenvalue weighted by Crippen LogP contribution is 2.25. The molecular weight excluding hydrogens is 275 g/mol. The van der Waals surface area contributed by atoms with E-state index < -0.39 is 11.7 Å². The zero-order valence-electron chi connectivity index (χ0n) is 11.2. The Morgan fingerprint density at radius 2 is 1.95 bits per heavy atom. The lowest BCUT2D eigenvalue weighted by atomic mass is 10.1. The molecule has 0 saturated heterocycles. The van der Waals surface area contributed by atoms with Crippen molar-refractivity contribution in [2.45, 2.75) is 0 Å². The van der Waals surface area contributed by atoms with Gasteiger partial charge in [-0.2, -0.15) is 0 Å². The van der Waals surface area contributed by atoms with Gasteiger partial charge in [-0.3, -0.25) is 4.79 Å². The second kappa shape index (κ2) is 6.23. The smallest absolute Gasteiger partial charge is 0.261 e. The number of nitrogens with two attached hydrogens (primary N) is 1. The van der Waals surface area contributed by atoms with Crippen LogP contribution in [0, 0.1) is 5.82 Å². The van der Waals surface area contributed by atoms with Crippen LogP contribution in [0.4, 0.5) is 15.8 Å². The molecular formula is C15H15FN2O3. The lowest BCUT2D eigenvalue weighted by Crippen LogP contribution is -2.34. The van der Waals surface area contributed by atoms with E-state index in [-0.39, 0.29) is 24.5 Å². The molecule has 0 saturated carbocycles. The summed E-state index contributed by atoms with van der Waals surface area (Å²) in [5.41, 5.74) is 6.35. The van der Waals surface area contributed by atoms with Crippen molar-refractivity contribution in [1.82, 2.24) is 0 Å². The largest absolute Gasteiger partial charge is 0.508 e. The number of amides is 1. The van der Waals surface area contributed by atoms with Gasteiger partial charge in [-0.1, -0.05) is 12.1 Å². The van der Waals surface area contributed by atoms with E-state index in [0.29, 0.717) is 11.4 Å². The summed E-state index contributed by atoms with van der Waals surface area (Å²) in [6, 6.07) is 9.90. The number of aromatic hydroxyl groups is 1. The molecule has 0 aliphatic carbocycles. The first-order chi connectivity index (χ1) is 10.0. The van der Waals surface area contributed by atoms with Gasteiger partial charge in [-0.25, -0.2) is 4.39 Å². The summed E-state index contributed by atoms with van der Waals surface area (Å²) >= 11 is 0. The summed E-state index contributed by atoms with van der Waals surface area (Å²) in [4.78, 5) is 13.7. The van der Waals surface area contributed by atoms with Crippen molar-refractivity contribution in [3.63, 3.8) is 0 Å². The number of rotatable bonds is 4. The number of phenols is 1. The maximum absolute atomic E-state index is 13.8. The van der Waals surface area contributed by atoms with Crippen molar-refractivity contribution < 1.29 is 19.4 Å². The molecule has 110 valence electrons. The van der Waals surface area contributed by atoms with Crippen LogP contribution in [0.2, 0.25) is 0 Å². The van der Waals surface area contributed by atoms with Gasteiger partial charge in [0.05, 0.1) is 23.5 Å². The monoisotopic (exact) mass is 290 g/mol. The van der Waals surface area contributed by atoms with Crippen LogP contribution >= 0.6 is 0 Å². The molecule has 0 aliphatic rings. The Kier molecular flexibility index (Phi) is 4.39. The Balaban J connectivity index is 2.43. The molecule has 5 nitrogen and oxygen atoms in total. The summed E-state index contributed by atoms with van der Waals surface area (Å²) in [5, 5.41) is 18.3. The zero-order chi connectivity index (χ0) is 15.4. The average Bonchev–Trinajstić information content (AvgIpc) is 2.45. The van der Waals surface area contributed by atoms with Gasteiger partial charge in [0.15, 0.2) is 0 Å². The number of aliphatic hydroxyl groups is 1. The molecule has 0 spiro atoms. The molecule has 0 fully saturated rings. The normalized spacial score (nSPS) is 10.4. The van der Waals surface area contributed by atoms with Crippen LogP contribution in [0.5, 0.6) is 5.75 Å². The number of phenolic OH excluding ortho intramolecular Hbond substituents is 1. The maximum Gasteiger partial charge on any atom is 0.261 e. The number of aliphatic hydroxyl groups excluding tert-OH is 1. The fraction of sp³-hybridized carbons (Fsp3) is 0.133. The van der Waals surface area contributed by atoms with Crippen LogP contribution in [-0.4, -0.2) is 29.3 Å². The third-order valence-corrected chi connectivity index (χ3v) is 2.98. The minimum Gasteiger partial charge on any atom is -0.508 e. The highest BCUT2D eigenvalue weighted by atomic mass is 19.1. The summed E-state index contributed by atoms with van der Waals surface area (Å²) in [5.74, 6) is -1.74. The van der Waals surface area contributed by atoms with Gasteiger partial charge in [0.1, 0.15) is 11.6 Å². The van der Waals surface area contributed by atoms with E-state index in [9.17, 15) is 14.3 Å². The number of halogens is 1. The first-order valence-corrected chi connectivity index (χ1v) is 6.30. The van der Waals surface area contributed by atoms with E-state index in [4.69, 9.17) is 10.8 Å². The molecule has 21 heavy (non-hydrogen) atoms. The molecule has 4 N–H and O–H groups in total. The quantitative estimate of drug-likeness (QED) is 0.749. The Morgan fingerprint density at radius 1 is 1.24 bits per heavy atom. The van der Waals surface area contributed by atoms with Gasteiger partial charge in [-0.15, -0.1) is 0 Å². The van der Waals surface area contributed by atoms with Crippen LogP contribution < -0.4 is 10.6 Å². The number of anilines is 2. The van der Waals surface area contributed by atoms with E-state index in [1.54, 1.807) is 24.3 Å². The highest BCUT2D eigenvalue weighted by molar-refractivity contribution is 6.07. The highest BCUT2D eigenvalue weighted by Gasteiger charge is 2.22. The molecule has 6 heteroatoms. The van der Waals surface area contributed by atoms with Gasteiger partial charge >= 0.3 is 0 Å². The molecule has 2 aromatic rings. The Hall–Kier alpha value is -2.60. The zero-order valence-corrected chi connectivity index (χ0v) is 11.2. The van der Waals surface area contributed by atoms with Gasteiger partial charge in [-0.05, 0) is 24.3 Å². The van der Waals surface area contributed by atoms with Gasteiger partial charge in [0, 0.05) is 12.6 Å². The van der Waals surface area contributed by atoms with Crippen molar-refractivity contribution in [1.29, 1.82) is 0 Å². The molecule has 1 amide bonds. The van der Waals surface area contributed by atoms with E-state index in [1.807, 2.05) is 0 Å². The standard InChI is InChI=1S/C15H15FN2O3/c16-12-9-10(20)5-6-11(12)15(21)18(7-8-19)14-4-2-1-3-13(14)17/h1-6,9,19-20H,7-8,17H2. The van der Waals surface area contributed by atoms with Gasteiger partial charge in [0.2, 0.25) is 0 Å². The lowest BCUT2D eigenvalue weighted by Gasteiger charge is -2.23. The van der Waals surface area contributed by atoms with Crippen LogP contribution in [0.25, 0.3) is 0 Å². The van der Waals surface area contributed by atoms with Crippen molar-refractivity contribution in [3.8, 4) is 5.75 Å². The predicted octanol–water partition coefficient (Wildman–Crippen LogP) is 1.75. The third-order valence-electron chi connectivity index (χ3n) is 2.98. The Morgan fingerprint density at radius 3 is 2.57 bits per heavy atom. The first kappa shape index (κ1) is 14.8. The molecule has 0 heterocycles. The fourth-order valence-electron chi connectivity index (χ4n) is 1.99. The molecule has 0 unspecified atom stereocenters. The number of hydrogen-bond donors (Lipinski definition) is 3. The number of nitrogen functional groups attached to an aromatic ring is 1. The number of hydrogen-bond acceptors (Lipinski definition) is 4. The second-order valence-corrected chi connectivity index (χ2v) is 4.40. The first-order valence-electron chi connectivity index (χ1n) is 6.30. The van der Waals surface area contributed by atoms with Gasteiger partial charge < -0.3 is 20.8 Å². The van der Waals surface area contributed by atoms with Gasteiger partial charge in [0.25, 0.3) is 5.91 Å². The average molecular weight is 290 g/mol. The number of benzene rings is 2. The minimum atomic E-state index is -0.836. The molecule has 0 aromatic heterocycles. The predicted molar refractivity (Wildman–Crippen MR) is 77.7 cm³/mol. The summed E-state index contributed by atoms with van der Waals surface area (Å²) in [6.07, 6.45) is 0. The van der Waals surface area contributed by atoms with Crippen LogP contribution in [-0.2, 0) is 0 Å². The Labute approximate surface area is 121 Å². The number of carbonyl (C=O) groups excluding carboxylic acids is 1. The summed E-state index contributed by atoms with van der Waals surface area (Å²) in [6.45, 7) is -0.312. The van der Waals surface area contributed by atoms with Crippen LogP contribution in [0.1, 0.15) is 10.4 Å². The minimum absolute atomic E-state index is 0.0205. The number of para-hydroxylation sites is 2. The summed E-state index contributed by atoms with van der Waals surface area (Å²) in [7, 11) is 0. The Bertz CT molecular complexity index is 661. The summed E-state index contributed by atoms with van der Waals surface area (Å²) < 4.78 is 13.8. The van der Waals surface area contributed by atoms with Crippen molar-refractivity contribution in [3.05, 3.63) is 53.8 Å². The molecule has 0 bridgehead atoms. The SMILES string of the molecule is Nc1ccccc1N(CCO)C(=O)c1ccc(O)cc1F. The molecule has 2 aromatic carbocycles. The van der Waals surface area contributed by atoms with Crippen molar-refractivity contribution in [2.75, 3.05) is 23.8 Å². The second-order valence-electron chi connectivity index (χ2n) is 4.40. The number of nitrogens with zero attached hydrogens (tertiary/aromatic N) is 1. The van der Waals surface area contributed by atoms with Crippen LogP contribution in [0.3, 0.4) is 0 Å². The van der Waals surface area contributed by atoms with E-state index in [0.717, 1.165) is 6.07 Å². The molecule has 2 rings (SSSR count). The van der Waals surface area contributed by atoms with E-state index in [2.05, 4.69) is 0 Å². The lowest BCUT2D eigenvalue weighted by molar-refractivity contribution is 0.0977. The topological polar surface area (TPSA) is 86.8 Å².